The van der Waals surface area contributed by atoms with Gasteiger partial charge in [0.2, 0.25) is 0 Å². The normalized spacial score (nSPS) is 13.1. The van der Waals surface area contributed by atoms with Crippen molar-refractivity contribution in [2.24, 2.45) is 5.92 Å². The van der Waals surface area contributed by atoms with Crippen LogP contribution in [0.3, 0.4) is 0 Å². The Morgan fingerprint density at radius 1 is 1.35 bits per heavy atom. The second kappa shape index (κ2) is 8.52. The van der Waals surface area contributed by atoms with Crippen LogP contribution in [0.2, 0.25) is 0 Å². The SMILES string of the molecule is CCC(CC(C)C)PC(=O)OCC(O)=C(C)C. The number of hydrogen-bond acceptors (Lipinski definition) is 3. The summed E-state index contributed by atoms with van der Waals surface area (Å²) in [6.45, 7) is 10.0. The first kappa shape index (κ1) is 16.4. The maximum absolute atomic E-state index is 11.6. The highest BCUT2D eigenvalue weighted by Gasteiger charge is 2.15. The van der Waals surface area contributed by atoms with E-state index in [4.69, 9.17) is 4.74 Å². The number of hydrogen-bond donors (Lipinski definition) is 1. The highest BCUT2D eigenvalue weighted by Crippen LogP contribution is 2.29. The van der Waals surface area contributed by atoms with Gasteiger partial charge in [0.25, 0.3) is 0 Å². The number of allylic oxidation sites excluding steroid dienone is 1. The van der Waals surface area contributed by atoms with Gasteiger partial charge in [-0.25, -0.2) is 4.79 Å². The van der Waals surface area contributed by atoms with Crippen molar-refractivity contribution in [3.05, 3.63) is 11.3 Å². The summed E-state index contributed by atoms with van der Waals surface area (Å²) >= 11 is 0. The van der Waals surface area contributed by atoms with Crippen LogP contribution >= 0.6 is 8.58 Å². The van der Waals surface area contributed by atoms with Gasteiger partial charge in [-0.05, 0) is 52.4 Å². The monoisotopic (exact) mass is 260 g/mol. The van der Waals surface area contributed by atoms with E-state index in [1.165, 1.54) is 0 Å². The smallest absolute Gasteiger partial charge is 0.323 e. The van der Waals surface area contributed by atoms with Crippen molar-refractivity contribution in [2.45, 2.75) is 53.1 Å². The lowest BCUT2D eigenvalue weighted by atomic mass is 10.1. The number of ether oxygens (including phenoxy) is 1. The Morgan fingerprint density at radius 2 is 1.94 bits per heavy atom. The Bertz CT molecular complexity index is 268. The first-order valence-corrected chi connectivity index (χ1v) is 7.23. The molecule has 0 aliphatic carbocycles. The van der Waals surface area contributed by atoms with E-state index in [0.717, 1.165) is 18.4 Å². The molecular formula is C13H25O3P. The van der Waals surface area contributed by atoms with Crippen molar-refractivity contribution in [3.63, 3.8) is 0 Å². The van der Waals surface area contributed by atoms with Crippen LogP contribution in [0.15, 0.2) is 11.3 Å². The standard InChI is InChI=1S/C13H25O3P/c1-6-11(7-9(2)3)17-13(15)16-8-12(14)10(4)5/h9,11,14,17H,6-8H2,1-5H3. The number of carbonyl (C=O) groups excluding carboxylic acids is 1. The first-order valence-electron chi connectivity index (χ1n) is 6.15. The zero-order valence-corrected chi connectivity index (χ0v) is 12.5. The third-order valence-corrected chi connectivity index (χ3v) is 3.92. The fraction of sp³-hybridized carbons (Fsp3) is 0.769. The molecule has 0 rings (SSSR count). The summed E-state index contributed by atoms with van der Waals surface area (Å²) < 4.78 is 5.04. The van der Waals surface area contributed by atoms with Gasteiger partial charge >= 0.3 is 5.71 Å². The number of aliphatic hydroxyl groups is 1. The van der Waals surface area contributed by atoms with Crippen molar-refractivity contribution in [3.8, 4) is 0 Å². The first-order chi connectivity index (χ1) is 7.86. The fourth-order valence-corrected chi connectivity index (χ4v) is 2.67. The van der Waals surface area contributed by atoms with Crippen molar-refractivity contribution >= 4 is 14.3 Å². The quantitative estimate of drug-likeness (QED) is 0.542. The molecule has 4 heteroatoms. The summed E-state index contributed by atoms with van der Waals surface area (Å²) in [5.74, 6) is 0.756. The second-order valence-electron chi connectivity index (χ2n) is 4.90. The highest BCUT2D eigenvalue weighted by molar-refractivity contribution is 7.57. The lowest BCUT2D eigenvalue weighted by molar-refractivity contribution is 0.167. The molecule has 0 radical (unpaired) electrons. The van der Waals surface area contributed by atoms with E-state index < -0.39 is 0 Å². The minimum Gasteiger partial charge on any atom is -0.509 e. The predicted octanol–water partition coefficient (Wildman–Crippen LogP) is 4.48. The zero-order chi connectivity index (χ0) is 13.4. The summed E-state index contributed by atoms with van der Waals surface area (Å²) in [7, 11) is 0.188. The molecule has 0 aromatic heterocycles. The van der Waals surface area contributed by atoms with Gasteiger partial charge in [0.1, 0.15) is 12.4 Å². The summed E-state index contributed by atoms with van der Waals surface area (Å²) in [6.07, 6.45) is 2.05. The second-order valence-corrected chi connectivity index (χ2v) is 6.42. The van der Waals surface area contributed by atoms with E-state index in [1.807, 2.05) is 0 Å². The average Bonchev–Trinajstić information content (AvgIpc) is 2.23. The molecule has 2 atom stereocenters. The van der Waals surface area contributed by atoms with Gasteiger partial charge in [-0.2, -0.15) is 0 Å². The van der Waals surface area contributed by atoms with E-state index in [9.17, 15) is 9.90 Å². The molecular weight excluding hydrogens is 235 g/mol. The summed E-state index contributed by atoms with van der Waals surface area (Å²) in [5, 5.41) is 9.42. The van der Waals surface area contributed by atoms with Crippen LogP contribution in [0.5, 0.6) is 0 Å². The van der Waals surface area contributed by atoms with E-state index in [1.54, 1.807) is 13.8 Å². The summed E-state index contributed by atoms with van der Waals surface area (Å²) in [5.41, 5.74) is 1.01. The highest BCUT2D eigenvalue weighted by atomic mass is 31.1. The molecule has 0 saturated heterocycles. The summed E-state index contributed by atoms with van der Waals surface area (Å²) in [6, 6.07) is 0. The third kappa shape index (κ3) is 8.20. The molecule has 17 heavy (non-hydrogen) atoms. The zero-order valence-electron chi connectivity index (χ0n) is 11.5. The van der Waals surface area contributed by atoms with Gasteiger partial charge in [0.15, 0.2) is 0 Å². The number of carbonyl (C=O) groups is 1. The average molecular weight is 260 g/mol. The van der Waals surface area contributed by atoms with Crippen LogP contribution in [-0.4, -0.2) is 23.1 Å². The van der Waals surface area contributed by atoms with Crippen molar-refractivity contribution in [1.29, 1.82) is 0 Å². The molecule has 0 spiro atoms. The number of rotatable bonds is 7. The van der Waals surface area contributed by atoms with Gasteiger partial charge in [0.05, 0.1) is 0 Å². The fourth-order valence-electron chi connectivity index (χ4n) is 1.38. The lowest BCUT2D eigenvalue weighted by Crippen LogP contribution is -2.09. The Labute approximate surface area is 106 Å². The topological polar surface area (TPSA) is 46.5 Å². The molecule has 0 aromatic rings. The van der Waals surface area contributed by atoms with Gasteiger partial charge in [-0.1, -0.05) is 20.8 Å². The summed E-state index contributed by atoms with van der Waals surface area (Å²) in [4.78, 5) is 11.6. The molecule has 0 aliphatic rings. The minimum absolute atomic E-state index is 0.00623. The Kier molecular flexibility index (Phi) is 8.24. The maximum atomic E-state index is 11.6. The van der Waals surface area contributed by atoms with Gasteiger partial charge in [0, 0.05) is 0 Å². The molecule has 0 fully saturated rings. The van der Waals surface area contributed by atoms with Crippen LogP contribution in [0, 0.1) is 5.92 Å². The van der Waals surface area contributed by atoms with Gasteiger partial charge in [-0.15, -0.1) is 0 Å². The van der Waals surface area contributed by atoms with E-state index in [0.29, 0.717) is 11.6 Å². The van der Waals surface area contributed by atoms with Crippen LogP contribution < -0.4 is 0 Å². The maximum Gasteiger partial charge on any atom is 0.323 e. The lowest BCUT2D eigenvalue weighted by Gasteiger charge is -2.16. The largest absolute Gasteiger partial charge is 0.509 e. The molecule has 0 aromatic carbocycles. The Hall–Kier alpha value is -0.560. The van der Waals surface area contributed by atoms with Crippen LogP contribution in [0.4, 0.5) is 4.79 Å². The van der Waals surface area contributed by atoms with Crippen molar-refractivity contribution < 1.29 is 14.6 Å². The van der Waals surface area contributed by atoms with E-state index in [-0.39, 0.29) is 26.7 Å². The Morgan fingerprint density at radius 3 is 2.35 bits per heavy atom. The molecule has 2 unspecified atom stereocenters. The molecule has 0 amide bonds. The predicted molar refractivity (Wildman–Crippen MR) is 74.2 cm³/mol. The molecule has 1 N–H and O–H groups in total. The molecule has 0 bridgehead atoms. The van der Waals surface area contributed by atoms with E-state index in [2.05, 4.69) is 20.8 Å². The van der Waals surface area contributed by atoms with Crippen LogP contribution in [0.1, 0.15) is 47.5 Å². The van der Waals surface area contributed by atoms with Crippen LogP contribution in [-0.2, 0) is 4.74 Å². The third-order valence-electron chi connectivity index (χ3n) is 2.49. The van der Waals surface area contributed by atoms with Crippen LogP contribution in [0.25, 0.3) is 0 Å². The molecule has 3 nitrogen and oxygen atoms in total. The minimum atomic E-state index is -0.190. The van der Waals surface area contributed by atoms with Crippen molar-refractivity contribution in [2.75, 3.05) is 6.61 Å². The number of aliphatic hydroxyl groups excluding tert-OH is 1. The molecule has 0 saturated carbocycles. The molecule has 0 aliphatic heterocycles. The Balaban J connectivity index is 4.04. The van der Waals surface area contributed by atoms with E-state index >= 15 is 0 Å². The molecule has 0 heterocycles. The van der Waals surface area contributed by atoms with Crippen molar-refractivity contribution in [1.82, 2.24) is 0 Å². The van der Waals surface area contributed by atoms with Gasteiger partial charge < -0.3 is 9.84 Å². The molecule has 100 valence electrons. The van der Waals surface area contributed by atoms with Gasteiger partial charge in [-0.3, -0.25) is 0 Å².